The molecule has 28 heavy (non-hydrogen) atoms. The van der Waals surface area contributed by atoms with Crippen LogP contribution in [0.4, 0.5) is 4.39 Å². The summed E-state index contributed by atoms with van der Waals surface area (Å²) in [5.74, 6) is 0.0850. The maximum Gasteiger partial charge on any atom is 0.253 e. The van der Waals surface area contributed by atoms with E-state index in [0.717, 1.165) is 36.3 Å². The number of hydrogen-bond acceptors (Lipinski definition) is 2. The maximum atomic E-state index is 14.0. The van der Waals surface area contributed by atoms with Crippen molar-refractivity contribution in [3.8, 4) is 0 Å². The Kier molecular flexibility index (Phi) is 5.47. The summed E-state index contributed by atoms with van der Waals surface area (Å²) in [5, 5.41) is 0. The van der Waals surface area contributed by atoms with Crippen molar-refractivity contribution in [2.75, 3.05) is 13.1 Å². The van der Waals surface area contributed by atoms with Gasteiger partial charge in [0.15, 0.2) is 0 Å². The van der Waals surface area contributed by atoms with Gasteiger partial charge in [-0.25, -0.2) is 4.39 Å². The Morgan fingerprint density at radius 2 is 1.79 bits per heavy atom. The zero-order valence-electron chi connectivity index (χ0n) is 15.7. The van der Waals surface area contributed by atoms with Gasteiger partial charge < -0.3 is 4.90 Å². The number of carbonyl (C=O) groups excluding carboxylic acids is 1. The lowest BCUT2D eigenvalue weighted by atomic mass is 9.93. The topological polar surface area (TPSA) is 33.2 Å². The minimum Gasteiger partial charge on any atom is -0.338 e. The average Bonchev–Trinajstić information content (AvgIpc) is 2.76. The van der Waals surface area contributed by atoms with Gasteiger partial charge in [0, 0.05) is 42.4 Å². The highest BCUT2D eigenvalue weighted by atomic mass is 19.1. The molecule has 1 atom stereocenters. The molecular weight excluding hydrogens is 351 g/mol. The lowest BCUT2D eigenvalue weighted by molar-refractivity contribution is 0.0706. The number of amides is 1. The van der Waals surface area contributed by atoms with Crippen molar-refractivity contribution >= 4 is 5.91 Å². The van der Waals surface area contributed by atoms with Gasteiger partial charge in [0.25, 0.3) is 5.91 Å². The number of piperidine rings is 1. The zero-order valence-corrected chi connectivity index (χ0v) is 15.7. The molecule has 0 aliphatic carbocycles. The number of hydrogen-bond donors (Lipinski definition) is 0. The SMILES string of the molecule is O=C(c1ccccc1)N1CCC[C@@H](c2cccc(Cc3ccccc3F)n2)C1. The second kappa shape index (κ2) is 8.34. The van der Waals surface area contributed by atoms with Crippen LogP contribution in [0.3, 0.4) is 0 Å². The summed E-state index contributed by atoms with van der Waals surface area (Å²) in [4.78, 5) is 19.5. The summed E-state index contributed by atoms with van der Waals surface area (Å²) >= 11 is 0. The second-order valence-electron chi connectivity index (χ2n) is 7.28. The summed E-state index contributed by atoms with van der Waals surface area (Å²) in [5.41, 5.74) is 3.22. The van der Waals surface area contributed by atoms with Crippen LogP contribution in [0.15, 0.2) is 72.8 Å². The Balaban J connectivity index is 1.49. The molecule has 1 aliphatic heterocycles. The molecule has 3 aromatic rings. The molecule has 0 unspecified atom stereocenters. The molecule has 3 nitrogen and oxygen atoms in total. The molecule has 4 heteroatoms. The van der Waals surface area contributed by atoms with Gasteiger partial charge >= 0.3 is 0 Å². The lowest BCUT2D eigenvalue weighted by Gasteiger charge is -2.32. The molecule has 1 fully saturated rings. The van der Waals surface area contributed by atoms with Crippen LogP contribution >= 0.6 is 0 Å². The number of benzene rings is 2. The fourth-order valence-corrected chi connectivity index (χ4v) is 3.83. The molecule has 2 aromatic carbocycles. The zero-order chi connectivity index (χ0) is 19.3. The van der Waals surface area contributed by atoms with E-state index in [1.165, 1.54) is 6.07 Å². The summed E-state index contributed by atoms with van der Waals surface area (Å²) in [6.45, 7) is 1.45. The van der Waals surface area contributed by atoms with E-state index in [0.29, 0.717) is 18.5 Å². The van der Waals surface area contributed by atoms with E-state index in [1.54, 1.807) is 12.1 Å². The van der Waals surface area contributed by atoms with Gasteiger partial charge in [-0.2, -0.15) is 0 Å². The third-order valence-electron chi connectivity index (χ3n) is 5.31. The molecule has 0 bridgehead atoms. The maximum absolute atomic E-state index is 14.0. The molecule has 0 radical (unpaired) electrons. The molecule has 0 N–H and O–H groups in total. The average molecular weight is 374 g/mol. The van der Waals surface area contributed by atoms with E-state index in [9.17, 15) is 9.18 Å². The number of aromatic nitrogens is 1. The van der Waals surface area contributed by atoms with E-state index >= 15 is 0 Å². The predicted octanol–water partition coefficient (Wildman–Crippen LogP) is 4.83. The van der Waals surface area contributed by atoms with Crippen LogP contribution in [-0.2, 0) is 6.42 Å². The Labute approximate surface area is 164 Å². The number of likely N-dealkylation sites (tertiary alicyclic amines) is 1. The summed E-state index contributed by atoms with van der Waals surface area (Å²) in [7, 11) is 0. The van der Waals surface area contributed by atoms with Crippen LogP contribution in [0.25, 0.3) is 0 Å². The fraction of sp³-hybridized carbons (Fsp3) is 0.250. The van der Waals surface area contributed by atoms with Gasteiger partial charge in [0.05, 0.1) is 0 Å². The van der Waals surface area contributed by atoms with Crippen molar-refractivity contribution in [1.29, 1.82) is 0 Å². The molecule has 0 spiro atoms. The van der Waals surface area contributed by atoms with Crippen molar-refractivity contribution in [1.82, 2.24) is 9.88 Å². The van der Waals surface area contributed by atoms with Crippen molar-refractivity contribution in [3.05, 3.63) is 101 Å². The van der Waals surface area contributed by atoms with Crippen LogP contribution in [0.1, 0.15) is 46.1 Å². The number of rotatable bonds is 4. The lowest BCUT2D eigenvalue weighted by Crippen LogP contribution is -2.39. The van der Waals surface area contributed by atoms with Crippen LogP contribution in [0, 0.1) is 5.82 Å². The minimum atomic E-state index is -0.202. The normalized spacial score (nSPS) is 16.8. The van der Waals surface area contributed by atoms with Crippen molar-refractivity contribution in [2.24, 2.45) is 0 Å². The molecule has 4 rings (SSSR count). The standard InChI is InChI=1S/C24H23FN2O/c25-22-13-5-4-10-19(22)16-21-12-6-14-23(26-21)20-11-7-15-27(17-20)24(28)18-8-2-1-3-9-18/h1-6,8-10,12-14,20H,7,11,15-17H2/t20-/m1/s1. The van der Waals surface area contributed by atoms with E-state index in [1.807, 2.05) is 59.5 Å². The van der Waals surface area contributed by atoms with Gasteiger partial charge in [-0.3, -0.25) is 9.78 Å². The van der Waals surface area contributed by atoms with Crippen molar-refractivity contribution < 1.29 is 9.18 Å². The highest BCUT2D eigenvalue weighted by Crippen LogP contribution is 2.27. The number of nitrogens with zero attached hydrogens (tertiary/aromatic N) is 2. The molecular formula is C24H23FN2O. The molecule has 1 saturated heterocycles. The summed E-state index contributed by atoms with van der Waals surface area (Å²) in [6.07, 6.45) is 2.44. The first kappa shape index (κ1) is 18.4. The van der Waals surface area contributed by atoms with Gasteiger partial charge in [-0.1, -0.05) is 42.5 Å². The molecule has 2 heterocycles. The van der Waals surface area contributed by atoms with Gasteiger partial charge in [0.1, 0.15) is 5.82 Å². The minimum absolute atomic E-state index is 0.0767. The third kappa shape index (κ3) is 4.11. The van der Waals surface area contributed by atoms with Crippen LogP contribution in [0.5, 0.6) is 0 Å². The first-order valence-corrected chi connectivity index (χ1v) is 9.74. The molecule has 1 aliphatic rings. The van der Waals surface area contributed by atoms with E-state index in [2.05, 4.69) is 0 Å². The van der Waals surface area contributed by atoms with Crippen LogP contribution in [0.2, 0.25) is 0 Å². The van der Waals surface area contributed by atoms with Gasteiger partial charge in [-0.05, 0) is 48.7 Å². The highest BCUT2D eigenvalue weighted by molar-refractivity contribution is 5.94. The fourth-order valence-electron chi connectivity index (χ4n) is 3.83. The Morgan fingerprint density at radius 1 is 1.00 bits per heavy atom. The number of halogens is 1. The van der Waals surface area contributed by atoms with Gasteiger partial charge in [0.2, 0.25) is 0 Å². The van der Waals surface area contributed by atoms with E-state index in [4.69, 9.17) is 4.98 Å². The summed E-state index contributed by atoms with van der Waals surface area (Å²) < 4.78 is 14.0. The second-order valence-corrected chi connectivity index (χ2v) is 7.28. The monoisotopic (exact) mass is 374 g/mol. The highest BCUT2D eigenvalue weighted by Gasteiger charge is 2.26. The number of pyridine rings is 1. The largest absolute Gasteiger partial charge is 0.338 e. The van der Waals surface area contributed by atoms with Gasteiger partial charge in [-0.15, -0.1) is 0 Å². The molecule has 1 amide bonds. The molecule has 1 aromatic heterocycles. The number of carbonyl (C=O) groups is 1. The smallest absolute Gasteiger partial charge is 0.253 e. The summed E-state index contributed by atoms with van der Waals surface area (Å²) in [6, 6.07) is 22.2. The van der Waals surface area contributed by atoms with Crippen molar-refractivity contribution in [2.45, 2.75) is 25.2 Å². The van der Waals surface area contributed by atoms with Crippen LogP contribution < -0.4 is 0 Å². The third-order valence-corrected chi connectivity index (χ3v) is 5.31. The van der Waals surface area contributed by atoms with Crippen LogP contribution in [-0.4, -0.2) is 28.9 Å². The molecule has 142 valence electrons. The quantitative estimate of drug-likeness (QED) is 0.655. The Bertz CT molecular complexity index is 958. The molecule has 0 saturated carbocycles. The van der Waals surface area contributed by atoms with E-state index < -0.39 is 0 Å². The van der Waals surface area contributed by atoms with E-state index in [-0.39, 0.29) is 17.6 Å². The predicted molar refractivity (Wildman–Crippen MR) is 108 cm³/mol. The first-order valence-electron chi connectivity index (χ1n) is 9.74. The first-order chi connectivity index (χ1) is 13.7. The Hall–Kier alpha value is -3.01. The Morgan fingerprint density at radius 3 is 2.61 bits per heavy atom. The van der Waals surface area contributed by atoms with Crippen molar-refractivity contribution in [3.63, 3.8) is 0 Å².